The van der Waals surface area contributed by atoms with E-state index < -0.39 is 10.0 Å². The average Bonchev–Trinajstić information content (AvgIpc) is 2.25. The topological polar surface area (TPSA) is 46.2 Å². The van der Waals surface area contributed by atoms with Gasteiger partial charge in [0.05, 0.1) is 4.90 Å². The lowest BCUT2D eigenvalue weighted by molar-refractivity contribution is 0.488. The van der Waals surface area contributed by atoms with Crippen molar-refractivity contribution in [3.63, 3.8) is 0 Å². The van der Waals surface area contributed by atoms with Crippen LogP contribution in [0.2, 0.25) is 10.0 Å². The van der Waals surface area contributed by atoms with Crippen LogP contribution in [0.4, 0.5) is 0 Å². The number of nitrogens with one attached hydrogen (secondary N) is 1. The van der Waals surface area contributed by atoms with Gasteiger partial charge in [0, 0.05) is 21.4 Å². The van der Waals surface area contributed by atoms with Crippen LogP contribution in [0.15, 0.2) is 23.1 Å². The third kappa shape index (κ3) is 5.60. The highest BCUT2D eigenvalue weighted by Crippen LogP contribution is 2.23. The van der Waals surface area contributed by atoms with Crippen LogP contribution in [-0.4, -0.2) is 19.8 Å². The summed E-state index contributed by atoms with van der Waals surface area (Å²) < 4.78 is 27.1. The normalized spacial score (nSPS) is 13.8. The molecule has 19 heavy (non-hydrogen) atoms. The number of benzene rings is 1. The third-order valence-electron chi connectivity index (χ3n) is 2.41. The second kappa shape index (κ2) is 7.27. The molecule has 1 atom stereocenters. The number of hydrogen-bond acceptors (Lipinski definition) is 2. The smallest absolute Gasteiger partial charge is 0.207 e. The van der Waals surface area contributed by atoms with E-state index in [1.54, 1.807) is 0 Å². The van der Waals surface area contributed by atoms with Crippen LogP contribution in [0.1, 0.15) is 20.3 Å². The van der Waals surface area contributed by atoms with Crippen LogP contribution in [0.3, 0.4) is 0 Å². The maximum Gasteiger partial charge on any atom is 0.240 e. The van der Waals surface area contributed by atoms with E-state index in [9.17, 15) is 8.42 Å². The third-order valence-corrected chi connectivity index (χ3v) is 5.13. The van der Waals surface area contributed by atoms with Crippen molar-refractivity contribution in [2.75, 3.05) is 5.33 Å². The van der Waals surface area contributed by atoms with E-state index in [2.05, 4.69) is 20.7 Å². The Kier molecular flexibility index (Phi) is 6.60. The monoisotopic (exact) mass is 387 g/mol. The minimum absolute atomic E-state index is 0.0831. The molecule has 0 saturated carbocycles. The lowest BCUT2D eigenvalue weighted by Gasteiger charge is -2.18. The molecule has 0 aliphatic heterocycles. The van der Waals surface area contributed by atoms with Crippen LogP contribution in [-0.2, 0) is 10.0 Å². The Morgan fingerprint density at radius 1 is 1.21 bits per heavy atom. The summed E-state index contributed by atoms with van der Waals surface area (Å²) in [5.74, 6) is 0.396. The van der Waals surface area contributed by atoms with Crippen molar-refractivity contribution in [3.8, 4) is 0 Å². The molecular weight excluding hydrogens is 373 g/mol. The molecule has 0 saturated heterocycles. The fourth-order valence-corrected chi connectivity index (χ4v) is 4.30. The van der Waals surface area contributed by atoms with Gasteiger partial charge in [-0.3, -0.25) is 0 Å². The molecule has 1 N–H and O–H groups in total. The molecule has 1 aromatic carbocycles. The molecule has 1 rings (SSSR count). The van der Waals surface area contributed by atoms with Crippen molar-refractivity contribution in [2.24, 2.45) is 5.92 Å². The first-order valence-electron chi connectivity index (χ1n) is 5.79. The number of hydrogen-bond donors (Lipinski definition) is 1. The van der Waals surface area contributed by atoms with E-state index in [0.717, 1.165) is 6.42 Å². The fourth-order valence-electron chi connectivity index (χ4n) is 1.68. The molecule has 0 aliphatic rings. The fraction of sp³-hybridized carbons (Fsp3) is 0.500. The zero-order valence-corrected chi connectivity index (χ0v) is 14.6. The standard InChI is InChI=1S/C12H16BrCl2NO2S/c1-8(2)3-11(7-13)16-19(17,18)12-5-9(14)4-10(15)6-12/h4-6,8,11,16H,3,7H2,1-2H3. The van der Waals surface area contributed by atoms with Crippen molar-refractivity contribution in [3.05, 3.63) is 28.2 Å². The summed E-state index contributed by atoms with van der Waals surface area (Å²) in [6.07, 6.45) is 0.749. The number of halogens is 3. The molecule has 0 spiro atoms. The predicted molar refractivity (Wildman–Crippen MR) is 83.8 cm³/mol. The van der Waals surface area contributed by atoms with E-state index in [4.69, 9.17) is 23.2 Å². The molecule has 0 aliphatic carbocycles. The highest BCUT2D eigenvalue weighted by atomic mass is 79.9. The Bertz CT molecular complexity index is 514. The van der Waals surface area contributed by atoms with Crippen molar-refractivity contribution < 1.29 is 8.42 Å². The van der Waals surface area contributed by atoms with E-state index in [-0.39, 0.29) is 10.9 Å². The Morgan fingerprint density at radius 2 is 1.74 bits per heavy atom. The molecule has 3 nitrogen and oxygen atoms in total. The second-order valence-corrected chi connectivity index (χ2v) is 7.94. The summed E-state index contributed by atoms with van der Waals surface area (Å²) in [5.41, 5.74) is 0. The van der Waals surface area contributed by atoms with Crippen LogP contribution in [0.25, 0.3) is 0 Å². The van der Waals surface area contributed by atoms with Crippen molar-refractivity contribution in [1.82, 2.24) is 4.72 Å². The van der Waals surface area contributed by atoms with Gasteiger partial charge in [-0.15, -0.1) is 0 Å². The van der Waals surface area contributed by atoms with Gasteiger partial charge < -0.3 is 0 Å². The zero-order valence-electron chi connectivity index (χ0n) is 10.7. The largest absolute Gasteiger partial charge is 0.240 e. The number of alkyl halides is 1. The van der Waals surface area contributed by atoms with Crippen LogP contribution < -0.4 is 4.72 Å². The van der Waals surface area contributed by atoms with Gasteiger partial charge >= 0.3 is 0 Å². The Labute approximate surface area is 132 Å². The molecule has 0 amide bonds. The van der Waals surface area contributed by atoms with Crippen molar-refractivity contribution >= 4 is 49.2 Å². The first-order valence-corrected chi connectivity index (χ1v) is 9.15. The second-order valence-electron chi connectivity index (χ2n) is 4.71. The molecule has 0 fully saturated rings. The molecule has 1 aromatic rings. The molecule has 7 heteroatoms. The summed E-state index contributed by atoms with van der Waals surface area (Å²) in [7, 11) is -3.61. The number of sulfonamides is 1. The lowest BCUT2D eigenvalue weighted by atomic mass is 10.1. The minimum Gasteiger partial charge on any atom is -0.207 e. The maximum atomic E-state index is 12.2. The van der Waals surface area contributed by atoms with E-state index in [1.807, 2.05) is 13.8 Å². The van der Waals surface area contributed by atoms with Crippen molar-refractivity contribution in [2.45, 2.75) is 31.2 Å². The van der Waals surface area contributed by atoms with Gasteiger partial charge in [0.15, 0.2) is 0 Å². The molecule has 0 radical (unpaired) electrons. The van der Waals surface area contributed by atoms with Gasteiger partial charge in [-0.05, 0) is 30.5 Å². The Balaban J connectivity index is 2.96. The molecule has 108 valence electrons. The quantitative estimate of drug-likeness (QED) is 0.746. The summed E-state index contributed by atoms with van der Waals surface area (Å²) in [5, 5.41) is 1.15. The van der Waals surface area contributed by atoms with Crippen molar-refractivity contribution in [1.29, 1.82) is 0 Å². The lowest BCUT2D eigenvalue weighted by Crippen LogP contribution is -2.37. The highest BCUT2D eigenvalue weighted by Gasteiger charge is 2.21. The molecule has 1 unspecified atom stereocenters. The molecular formula is C12H16BrCl2NO2S. The average molecular weight is 389 g/mol. The molecule has 0 aromatic heterocycles. The Hall–Kier alpha value is 0.190. The summed E-state index contributed by atoms with van der Waals surface area (Å²) >= 11 is 15.0. The predicted octanol–water partition coefficient (Wildman–Crippen LogP) is 4.08. The van der Waals surface area contributed by atoms with E-state index in [0.29, 0.717) is 21.3 Å². The van der Waals surface area contributed by atoms with Gasteiger partial charge in [0.2, 0.25) is 10.0 Å². The van der Waals surface area contributed by atoms with Gasteiger partial charge in [-0.1, -0.05) is 53.0 Å². The SMILES string of the molecule is CC(C)CC(CBr)NS(=O)(=O)c1cc(Cl)cc(Cl)c1. The summed E-state index contributed by atoms with van der Waals surface area (Å²) in [6, 6.07) is 4.10. The van der Waals surface area contributed by atoms with Gasteiger partial charge in [0.25, 0.3) is 0 Å². The maximum absolute atomic E-state index is 12.2. The van der Waals surface area contributed by atoms with E-state index in [1.165, 1.54) is 18.2 Å². The minimum atomic E-state index is -3.61. The van der Waals surface area contributed by atoms with Gasteiger partial charge in [-0.25, -0.2) is 13.1 Å². The van der Waals surface area contributed by atoms with E-state index >= 15 is 0 Å². The molecule has 0 heterocycles. The highest BCUT2D eigenvalue weighted by molar-refractivity contribution is 9.09. The first kappa shape index (κ1) is 17.2. The summed E-state index contributed by atoms with van der Waals surface area (Å²) in [4.78, 5) is 0.0831. The van der Waals surface area contributed by atoms with Crippen LogP contribution in [0.5, 0.6) is 0 Å². The zero-order chi connectivity index (χ0) is 14.6. The summed E-state index contributed by atoms with van der Waals surface area (Å²) in [6.45, 7) is 4.08. The van der Waals surface area contributed by atoms with Crippen LogP contribution in [0, 0.1) is 5.92 Å². The van der Waals surface area contributed by atoms with Gasteiger partial charge in [0.1, 0.15) is 0 Å². The first-order chi connectivity index (χ1) is 8.74. The van der Waals surface area contributed by atoms with Crippen LogP contribution >= 0.6 is 39.1 Å². The molecule has 0 bridgehead atoms. The number of rotatable bonds is 6. The van der Waals surface area contributed by atoms with Gasteiger partial charge in [-0.2, -0.15) is 0 Å². The Morgan fingerprint density at radius 3 is 2.16 bits per heavy atom.